The monoisotopic (exact) mass is 482 g/mol. The maximum Gasteiger partial charge on any atom is 0.303 e. The van der Waals surface area contributed by atoms with Gasteiger partial charge in [-0.2, -0.15) is 0 Å². The highest BCUT2D eigenvalue weighted by Gasteiger charge is 2.42. The molecule has 1 atom stereocenters. The van der Waals surface area contributed by atoms with Crippen LogP contribution >= 0.6 is 0 Å². The second kappa shape index (κ2) is 10.7. The topological polar surface area (TPSA) is 137 Å². The van der Waals surface area contributed by atoms with Crippen LogP contribution in [0.5, 0.6) is 0 Å². The normalized spacial score (nSPS) is 15.3. The Hall–Kier alpha value is -3.75. The van der Waals surface area contributed by atoms with E-state index in [0.29, 0.717) is 42.6 Å². The number of carboxylic acids is 1. The summed E-state index contributed by atoms with van der Waals surface area (Å²) in [6, 6.07) is 11.2. The van der Waals surface area contributed by atoms with E-state index in [4.69, 9.17) is 16.2 Å². The number of hydrogen-bond donors (Lipinski definition) is 4. The second-order valence-corrected chi connectivity index (χ2v) is 9.50. The number of nitrogens with two attached hydrogens (primary N) is 1. The third-order valence-corrected chi connectivity index (χ3v) is 6.57. The first kappa shape index (κ1) is 25.9. The van der Waals surface area contributed by atoms with Crippen molar-refractivity contribution in [1.82, 2.24) is 10.2 Å². The lowest BCUT2D eigenvalue weighted by molar-refractivity contribution is -0.144. The number of carbonyl (C=O) groups excluding carboxylic acids is 2. The maximum atomic E-state index is 13.6. The molecular weight excluding hydrogens is 451 g/mol. The number of carbonyl (C=O) groups is 3. The van der Waals surface area contributed by atoms with Gasteiger partial charge in [-0.15, -0.1) is 0 Å². The zero-order valence-corrected chi connectivity index (χ0v) is 19.9. The Bertz CT molecular complexity index is 1090. The summed E-state index contributed by atoms with van der Waals surface area (Å²) in [6.07, 6.45) is 1.29. The number of hydrogen-bond acceptors (Lipinski definition) is 4. The smallest absolute Gasteiger partial charge is 0.303 e. The minimum absolute atomic E-state index is 0.0326. The Morgan fingerprint density at radius 2 is 1.63 bits per heavy atom. The lowest BCUT2D eigenvalue weighted by atomic mass is 9.78. The molecule has 35 heavy (non-hydrogen) atoms. The van der Waals surface area contributed by atoms with Gasteiger partial charge in [0.25, 0.3) is 5.91 Å². The molecule has 1 heterocycles. The van der Waals surface area contributed by atoms with Gasteiger partial charge in [0.2, 0.25) is 5.91 Å². The van der Waals surface area contributed by atoms with Crippen molar-refractivity contribution >= 4 is 23.6 Å². The van der Waals surface area contributed by atoms with E-state index in [0.717, 1.165) is 0 Å². The summed E-state index contributed by atoms with van der Waals surface area (Å²) in [5.74, 6) is -1.94. The number of amides is 2. The van der Waals surface area contributed by atoms with E-state index in [-0.39, 0.29) is 24.1 Å². The average Bonchev–Trinajstić information content (AvgIpc) is 2.82. The van der Waals surface area contributed by atoms with Crippen molar-refractivity contribution in [2.45, 2.75) is 39.2 Å². The first-order valence-electron chi connectivity index (χ1n) is 11.5. The summed E-state index contributed by atoms with van der Waals surface area (Å²) in [4.78, 5) is 39.5. The molecule has 9 heteroatoms. The van der Waals surface area contributed by atoms with Crippen LogP contribution in [0.2, 0.25) is 0 Å². The third kappa shape index (κ3) is 6.23. The van der Waals surface area contributed by atoms with Gasteiger partial charge in [-0.1, -0.05) is 24.3 Å². The highest BCUT2D eigenvalue weighted by Crippen LogP contribution is 2.37. The fraction of sp³-hybridized carbons (Fsp3) is 0.385. The molecule has 0 bridgehead atoms. The molecule has 1 aliphatic rings. The number of nitrogen functional groups attached to an aromatic ring is 1. The molecule has 1 fully saturated rings. The summed E-state index contributed by atoms with van der Waals surface area (Å²) >= 11 is 0. The number of nitrogens with zero attached hydrogens (tertiary/aromatic N) is 1. The van der Waals surface area contributed by atoms with E-state index < -0.39 is 29.2 Å². The standard InChI is InChI=1S/C26H31FN4O4/c1-26(2,25(35)31-13-11-16(12-14-31)15-21(32)33)22(17-7-9-20(27)10-8-17)30-24(34)19-5-3-18(4-6-19)23(28)29/h3-10,16,22H,11-15H2,1-2H3,(H3,28,29)(H,30,34)(H,32,33). The molecule has 0 spiro atoms. The highest BCUT2D eigenvalue weighted by atomic mass is 19.1. The molecule has 3 rings (SSSR count). The summed E-state index contributed by atoms with van der Waals surface area (Å²) in [5, 5.41) is 19.5. The van der Waals surface area contributed by atoms with E-state index in [1.54, 1.807) is 55.1 Å². The lowest BCUT2D eigenvalue weighted by Gasteiger charge is -2.40. The Morgan fingerprint density at radius 1 is 1.09 bits per heavy atom. The largest absolute Gasteiger partial charge is 0.481 e. The predicted octanol–water partition coefficient (Wildman–Crippen LogP) is 3.32. The van der Waals surface area contributed by atoms with Crippen molar-refractivity contribution in [2.75, 3.05) is 13.1 Å². The molecule has 1 aliphatic heterocycles. The van der Waals surface area contributed by atoms with Gasteiger partial charge in [-0.3, -0.25) is 19.8 Å². The Morgan fingerprint density at radius 3 is 2.14 bits per heavy atom. The van der Waals surface area contributed by atoms with Crippen molar-refractivity contribution in [1.29, 1.82) is 5.41 Å². The zero-order valence-electron chi connectivity index (χ0n) is 19.9. The van der Waals surface area contributed by atoms with Crippen LogP contribution in [-0.2, 0) is 9.59 Å². The van der Waals surface area contributed by atoms with E-state index in [1.807, 2.05) is 0 Å². The summed E-state index contributed by atoms with van der Waals surface area (Å²) in [5.41, 5.74) is 5.81. The van der Waals surface area contributed by atoms with Crippen molar-refractivity contribution in [3.63, 3.8) is 0 Å². The highest BCUT2D eigenvalue weighted by molar-refractivity contribution is 5.98. The quantitative estimate of drug-likeness (QED) is 0.338. The van der Waals surface area contributed by atoms with E-state index in [2.05, 4.69) is 5.32 Å². The number of rotatable bonds is 8. The number of aliphatic carboxylic acids is 1. The molecule has 0 radical (unpaired) electrons. The minimum Gasteiger partial charge on any atom is -0.481 e. The Labute approximate surface area is 203 Å². The van der Waals surface area contributed by atoms with Crippen LogP contribution in [0.3, 0.4) is 0 Å². The minimum atomic E-state index is -1.08. The van der Waals surface area contributed by atoms with Crippen molar-refractivity contribution in [3.8, 4) is 0 Å². The van der Waals surface area contributed by atoms with Gasteiger partial charge in [0.15, 0.2) is 0 Å². The van der Waals surface area contributed by atoms with E-state index in [9.17, 15) is 18.8 Å². The zero-order chi connectivity index (χ0) is 25.8. The van der Waals surface area contributed by atoms with Crippen LogP contribution in [0.15, 0.2) is 48.5 Å². The molecule has 1 saturated heterocycles. The predicted molar refractivity (Wildman–Crippen MR) is 129 cm³/mol. The molecule has 5 N–H and O–H groups in total. The Balaban J connectivity index is 1.83. The van der Waals surface area contributed by atoms with Gasteiger partial charge in [0.1, 0.15) is 11.7 Å². The van der Waals surface area contributed by atoms with Gasteiger partial charge < -0.3 is 21.1 Å². The molecule has 0 aliphatic carbocycles. The molecule has 186 valence electrons. The molecule has 2 amide bonds. The van der Waals surface area contributed by atoms with Crippen LogP contribution < -0.4 is 11.1 Å². The molecule has 8 nitrogen and oxygen atoms in total. The number of amidine groups is 1. The van der Waals surface area contributed by atoms with Crippen molar-refractivity contribution in [3.05, 3.63) is 71.0 Å². The third-order valence-electron chi connectivity index (χ3n) is 6.57. The van der Waals surface area contributed by atoms with Gasteiger partial charge in [0.05, 0.1) is 11.5 Å². The second-order valence-electron chi connectivity index (χ2n) is 9.50. The van der Waals surface area contributed by atoms with Gasteiger partial charge in [0, 0.05) is 30.6 Å². The number of carboxylic acid groups (broad SMARTS) is 1. The SMILES string of the molecule is CC(C)(C(=O)N1CCC(CC(=O)O)CC1)C(NC(=O)c1ccc(C(=N)N)cc1)c1ccc(F)cc1. The summed E-state index contributed by atoms with van der Waals surface area (Å²) in [7, 11) is 0. The molecule has 1 unspecified atom stereocenters. The van der Waals surface area contributed by atoms with E-state index in [1.165, 1.54) is 12.1 Å². The number of halogens is 1. The van der Waals surface area contributed by atoms with Gasteiger partial charge in [-0.25, -0.2) is 4.39 Å². The number of nitrogens with one attached hydrogen (secondary N) is 2. The van der Waals surface area contributed by atoms with Gasteiger partial charge in [-0.05, 0) is 62.4 Å². The van der Waals surface area contributed by atoms with Crippen molar-refractivity contribution < 1.29 is 23.9 Å². The maximum absolute atomic E-state index is 13.6. The van der Waals surface area contributed by atoms with Crippen LogP contribution in [0.4, 0.5) is 4.39 Å². The molecule has 2 aromatic carbocycles. The van der Waals surface area contributed by atoms with Crippen LogP contribution in [0.1, 0.15) is 60.6 Å². The van der Waals surface area contributed by atoms with Crippen molar-refractivity contribution in [2.24, 2.45) is 17.1 Å². The molecule has 0 aromatic heterocycles. The van der Waals surface area contributed by atoms with Crippen LogP contribution in [0.25, 0.3) is 0 Å². The lowest BCUT2D eigenvalue weighted by Crippen LogP contribution is -2.51. The number of likely N-dealkylation sites (tertiary alicyclic amines) is 1. The average molecular weight is 483 g/mol. The molecular formula is C26H31FN4O4. The Kier molecular flexibility index (Phi) is 7.89. The van der Waals surface area contributed by atoms with Crippen LogP contribution in [0, 0.1) is 22.6 Å². The number of benzene rings is 2. The van der Waals surface area contributed by atoms with Gasteiger partial charge >= 0.3 is 5.97 Å². The summed E-state index contributed by atoms with van der Waals surface area (Å²) in [6.45, 7) is 4.37. The number of piperidine rings is 1. The summed E-state index contributed by atoms with van der Waals surface area (Å²) < 4.78 is 13.6. The van der Waals surface area contributed by atoms with Crippen LogP contribution in [-0.4, -0.2) is 46.7 Å². The first-order chi connectivity index (χ1) is 16.5. The fourth-order valence-electron chi connectivity index (χ4n) is 4.47. The molecule has 2 aromatic rings. The fourth-order valence-corrected chi connectivity index (χ4v) is 4.47. The van der Waals surface area contributed by atoms with E-state index >= 15 is 0 Å². The first-order valence-corrected chi connectivity index (χ1v) is 11.5. The molecule has 0 saturated carbocycles.